The Balaban J connectivity index is 0.000000149. The molecule has 5 heterocycles. The molecular formula is C40H40N10O2. The van der Waals surface area contributed by atoms with E-state index in [9.17, 15) is 9.59 Å². The minimum absolute atomic E-state index is 0.0228. The van der Waals surface area contributed by atoms with E-state index < -0.39 is 0 Å². The Hall–Kier alpha value is -6.30. The third-order valence-corrected chi connectivity index (χ3v) is 9.63. The smallest absolute Gasteiger partial charge is 0.263 e. The van der Waals surface area contributed by atoms with Gasteiger partial charge in [-0.1, -0.05) is 83.9 Å². The van der Waals surface area contributed by atoms with Gasteiger partial charge in [-0.3, -0.25) is 18.7 Å². The molecule has 1 fully saturated rings. The number of nitrogens with zero attached hydrogens (tertiary/aromatic N) is 10. The van der Waals surface area contributed by atoms with Gasteiger partial charge in [0.15, 0.2) is 0 Å². The molecule has 1 saturated heterocycles. The van der Waals surface area contributed by atoms with Gasteiger partial charge in [-0.2, -0.15) is 0 Å². The molecule has 12 nitrogen and oxygen atoms in total. The third-order valence-electron chi connectivity index (χ3n) is 9.63. The van der Waals surface area contributed by atoms with E-state index >= 15 is 0 Å². The molecule has 0 N–H and O–H groups in total. The highest BCUT2D eigenvalue weighted by Gasteiger charge is 2.23. The summed E-state index contributed by atoms with van der Waals surface area (Å²) >= 11 is 0. The second-order valence-electron chi connectivity index (χ2n) is 13.7. The normalized spacial score (nSPS) is 13.0. The maximum atomic E-state index is 13.3. The van der Waals surface area contributed by atoms with Crippen LogP contribution in [-0.4, -0.2) is 65.5 Å². The lowest BCUT2D eigenvalue weighted by atomic mass is 10.1. The summed E-state index contributed by atoms with van der Waals surface area (Å²) < 4.78 is 7.42. The molecule has 0 radical (unpaired) electrons. The SMILES string of the molecule is Cc1ccc2c(c1)c(=O)n(Cc1ccccc1)c1nnc(N(C)C)n21.Cc1ccc2c(c1)c(=O)n(Cc1ccccc1)c1nnc(N3CCCC3)n21. The second kappa shape index (κ2) is 13.4. The van der Waals surface area contributed by atoms with Gasteiger partial charge in [0.05, 0.1) is 34.9 Å². The van der Waals surface area contributed by atoms with Gasteiger partial charge in [0.2, 0.25) is 23.5 Å². The van der Waals surface area contributed by atoms with Crippen LogP contribution in [0.4, 0.5) is 11.9 Å². The number of anilines is 2. The predicted molar refractivity (Wildman–Crippen MR) is 206 cm³/mol. The predicted octanol–water partition coefficient (Wildman–Crippen LogP) is 5.47. The van der Waals surface area contributed by atoms with Crippen molar-refractivity contribution < 1.29 is 0 Å². The van der Waals surface area contributed by atoms with E-state index in [2.05, 4.69) is 25.3 Å². The summed E-state index contributed by atoms with van der Waals surface area (Å²) in [6.07, 6.45) is 2.32. The molecule has 0 atom stereocenters. The van der Waals surface area contributed by atoms with Crippen LogP contribution in [0.2, 0.25) is 0 Å². The summed E-state index contributed by atoms with van der Waals surface area (Å²) in [5.74, 6) is 2.68. The molecule has 0 aliphatic carbocycles. The van der Waals surface area contributed by atoms with Crippen LogP contribution in [-0.2, 0) is 13.1 Å². The van der Waals surface area contributed by atoms with Crippen molar-refractivity contribution in [1.82, 2.24) is 38.3 Å². The Morgan fingerprint density at radius 1 is 0.596 bits per heavy atom. The van der Waals surface area contributed by atoms with Crippen molar-refractivity contribution in [3.63, 3.8) is 0 Å². The first-order valence-corrected chi connectivity index (χ1v) is 17.5. The van der Waals surface area contributed by atoms with E-state index in [1.54, 1.807) is 9.13 Å². The summed E-state index contributed by atoms with van der Waals surface area (Å²) in [7, 11) is 3.84. The van der Waals surface area contributed by atoms with Crippen molar-refractivity contribution in [2.24, 2.45) is 0 Å². The molecule has 12 heteroatoms. The van der Waals surface area contributed by atoms with Gasteiger partial charge < -0.3 is 9.80 Å². The zero-order valence-corrected chi connectivity index (χ0v) is 29.8. The maximum absolute atomic E-state index is 13.3. The highest BCUT2D eigenvalue weighted by Crippen LogP contribution is 2.24. The van der Waals surface area contributed by atoms with E-state index in [0.717, 1.165) is 65.2 Å². The van der Waals surface area contributed by atoms with Crippen molar-refractivity contribution in [2.45, 2.75) is 39.8 Å². The molecule has 0 spiro atoms. The zero-order valence-electron chi connectivity index (χ0n) is 29.8. The summed E-state index contributed by atoms with van der Waals surface area (Å²) in [4.78, 5) is 30.6. The van der Waals surface area contributed by atoms with Crippen LogP contribution in [0.1, 0.15) is 35.1 Å². The molecule has 1 aliphatic heterocycles. The highest BCUT2D eigenvalue weighted by atomic mass is 16.1. The Morgan fingerprint density at radius 2 is 1.08 bits per heavy atom. The van der Waals surface area contributed by atoms with Crippen molar-refractivity contribution in [3.05, 3.63) is 140 Å². The minimum Gasteiger partial charge on any atom is -0.347 e. The Labute approximate surface area is 299 Å². The molecule has 0 bridgehead atoms. The standard InChI is InChI=1S/C21H21N5O.C19H19N5O/c1-15-9-10-18-17(13-15)19(27)25(14-16-7-3-2-4-8-16)21-23-22-20(26(18)21)24-11-5-6-12-24;1-13-9-10-16-15(11-13)17(25)23(12-14-7-5-4-6-8-14)19-21-20-18(22(2)3)24(16)19/h2-4,7-10,13H,5-6,11-12,14H2,1H3;4-11H,12H2,1-3H3. The Bertz CT molecular complexity index is 2690. The van der Waals surface area contributed by atoms with Crippen molar-refractivity contribution in [1.29, 1.82) is 0 Å². The molecule has 1 aliphatic rings. The molecule has 0 unspecified atom stereocenters. The lowest BCUT2D eigenvalue weighted by molar-refractivity contribution is 0.765. The second-order valence-corrected chi connectivity index (χ2v) is 13.7. The highest BCUT2D eigenvalue weighted by molar-refractivity contribution is 5.83. The van der Waals surface area contributed by atoms with Crippen LogP contribution in [0.5, 0.6) is 0 Å². The van der Waals surface area contributed by atoms with Gasteiger partial charge in [-0.05, 0) is 62.1 Å². The topological polar surface area (TPSA) is 111 Å². The largest absolute Gasteiger partial charge is 0.347 e. The minimum atomic E-state index is -0.0484. The average molecular weight is 693 g/mol. The lowest BCUT2D eigenvalue weighted by Gasteiger charge is -2.17. The fourth-order valence-corrected chi connectivity index (χ4v) is 7.05. The van der Waals surface area contributed by atoms with Gasteiger partial charge in [0.1, 0.15) is 0 Å². The number of aromatic nitrogens is 8. The summed E-state index contributed by atoms with van der Waals surface area (Å²) in [6, 6.07) is 31.8. The molecule has 262 valence electrons. The van der Waals surface area contributed by atoms with Crippen LogP contribution in [0.25, 0.3) is 33.4 Å². The zero-order chi connectivity index (χ0) is 35.9. The van der Waals surface area contributed by atoms with Crippen LogP contribution in [0.15, 0.2) is 107 Å². The molecule has 4 aromatic heterocycles. The molecular weight excluding hydrogens is 653 g/mol. The van der Waals surface area contributed by atoms with Crippen LogP contribution < -0.4 is 20.9 Å². The molecule has 4 aromatic carbocycles. The van der Waals surface area contributed by atoms with Crippen molar-refractivity contribution in [2.75, 3.05) is 37.0 Å². The number of rotatable bonds is 6. The first-order valence-electron chi connectivity index (χ1n) is 17.5. The molecule has 8 aromatic rings. The number of hydrogen-bond acceptors (Lipinski definition) is 8. The molecule has 0 amide bonds. The first kappa shape index (κ1) is 32.9. The third kappa shape index (κ3) is 5.85. The fourth-order valence-electron chi connectivity index (χ4n) is 7.05. The number of hydrogen-bond donors (Lipinski definition) is 0. The van der Waals surface area contributed by atoms with Gasteiger partial charge in [-0.25, -0.2) is 8.80 Å². The molecule has 52 heavy (non-hydrogen) atoms. The van der Waals surface area contributed by atoms with Gasteiger partial charge >= 0.3 is 0 Å². The van der Waals surface area contributed by atoms with Crippen LogP contribution >= 0.6 is 0 Å². The summed E-state index contributed by atoms with van der Waals surface area (Å²) in [5, 5.41) is 18.9. The van der Waals surface area contributed by atoms with E-state index in [-0.39, 0.29) is 11.1 Å². The van der Waals surface area contributed by atoms with Gasteiger partial charge in [-0.15, -0.1) is 20.4 Å². The number of benzene rings is 4. The van der Waals surface area contributed by atoms with Crippen LogP contribution in [0, 0.1) is 13.8 Å². The average Bonchev–Trinajstić information content (AvgIpc) is 3.94. The van der Waals surface area contributed by atoms with Crippen molar-refractivity contribution >= 4 is 45.3 Å². The first-order chi connectivity index (χ1) is 25.3. The number of fused-ring (bicyclic) bond motifs is 6. The maximum Gasteiger partial charge on any atom is 0.263 e. The number of aryl methyl sites for hydroxylation is 2. The summed E-state index contributed by atoms with van der Waals surface area (Å²) in [6.45, 7) is 6.89. The van der Waals surface area contributed by atoms with Gasteiger partial charge in [0, 0.05) is 27.2 Å². The fraction of sp³-hybridized carbons (Fsp3) is 0.250. The molecule has 0 saturated carbocycles. The molecule has 9 rings (SSSR count). The Morgan fingerprint density at radius 3 is 1.60 bits per heavy atom. The van der Waals surface area contributed by atoms with E-state index in [1.165, 1.54) is 0 Å². The Kier molecular flexibility index (Phi) is 8.50. The van der Waals surface area contributed by atoms with Gasteiger partial charge in [0.25, 0.3) is 11.1 Å². The lowest BCUT2D eigenvalue weighted by Crippen LogP contribution is -2.26. The quantitative estimate of drug-likeness (QED) is 0.226. The van der Waals surface area contributed by atoms with Crippen molar-refractivity contribution in [3.8, 4) is 0 Å². The van der Waals surface area contributed by atoms with E-state index in [1.807, 2.05) is 139 Å². The summed E-state index contributed by atoms with van der Waals surface area (Å²) in [5.41, 5.74) is 5.86. The van der Waals surface area contributed by atoms with E-state index in [4.69, 9.17) is 0 Å². The monoisotopic (exact) mass is 692 g/mol. The van der Waals surface area contributed by atoms with Crippen LogP contribution in [0.3, 0.4) is 0 Å². The van der Waals surface area contributed by atoms with E-state index in [0.29, 0.717) is 41.4 Å².